The number of rotatable bonds is 1. The van der Waals surface area contributed by atoms with E-state index in [9.17, 15) is 5.11 Å². The summed E-state index contributed by atoms with van der Waals surface area (Å²) in [6, 6.07) is 0. The molecular formula is C7H6Cl5NO. The van der Waals surface area contributed by atoms with E-state index in [0.717, 1.165) is 0 Å². The topological polar surface area (TPSA) is 46.2 Å². The van der Waals surface area contributed by atoms with E-state index < -0.39 is 0 Å². The van der Waals surface area contributed by atoms with Gasteiger partial charge in [-0.1, -0.05) is 46.4 Å². The molecule has 80 valence electrons. The maximum absolute atomic E-state index is 9.44. The Morgan fingerprint density at radius 3 is 1.79 bits per heavy atom. The number of hydrogen-bond acceptors (Lipinski definition) is 2. The van der Waals surface area contributed by atoms with E-state index in [-0.39, 0.29) is 44.8 Å². The van der Waals surface area contributed by atoms with Crippen molar-refractivity contribution >= 4 is 58.8 Å². The zero-order valence-corrected chi connectivity index (χ0v) is 10.5. The van der Waals surface area contributed by atoms with E-state index in [0.29, 0.717) is 5.56 Å². The smallest absolute Gasteiger partial charge is 0.141 e. The molecule has 0 amide bonds. The van der Waals surface area contributed by atoms with Crippen molar-refractivity contribution in [3.63, 3.8) is 0 Å². The van der Waals surface area contributed by atoms with Crippen molar-refractivity contribution in [2.45, 2.75) is 6.54 Å². The van der Waals surface area contributed by atoms with Crippen LogP contribution in [0.25, 0.3) is 0 Å². The van der Waals surface area contributed by atoms with Crippen molar-refractivity contribution in [3.8, 4) is 5.75 Å². The molecule has 0 aliphatic carbocycles. The van der Waals surface area contributed by atoms with Gasteiger partial charge in [-0.05, 0) is 0 Å². The molecule has 7 heteroatoms. The SMILES string of the molecule is Cl.NCc1c(O)c(Cl)c(Cl)c(Cl)c1Cl. The maximum atomic E-state index is 9.44. The van der Waals surface area contributed by atoms with Crippen molar-refractivity contribution in [2.75, 3.05) is 0 Å². The van der Waals surface area contributed by atoms with Gasteiger partial charge in [-0.3, -0.25) is 0 Å². The Kier molecular flexibility index (Phi) is 5.67. The summed E-state index contributed by atoms with van der Waals surface area (Å²) < 4.78 is 0. The minimum atomic E-state index is -0.219. The fourth-order valence-corrected chi connectivity index (χ4v) is 1.81. The third-order valence-electron chi connectivity index (χ3n) is 1.54. The summed E-state index contributed by atoms with van der Waals surface area (Å²) in [6.07, 6.45) is 0. The second-order valence-electron chi connectivity index (χ2n) is 2.29. The van der Waals surface area contributed by atoms with Gasteiger partial charge in [0.25, 0.3) is 0 Å². The standard InChI is InChI=1S/C7H5Cl4NO.ClH/c8-3-2(1-12)7(13)6(11)5(10)4(3)9;/h13H,1,12H2;1H. The Morgan fingerprint density at radius 1 is 0.929 bits per heavy atom. The molecule has 0 bridgehead atoms. The third-order valence-corrected chi connectivity index (χ3v) is 3.37. The van der Waals surface area contributed by atoms with E-state index in [1.807, 2.05) is 0 Å². The zero-order valence-electron chi connectivity index (χ0n) is 6.65. The first kappa shape index (κ1) is 14.4. The summed E-state index contributed by atoms with van der Waals surface area (Å²) in [5, 5.41) is 9.68. The number of phenols is 1. The van der Waals surface area contributed by atoms with Crippen LogP contribution >= 0.6 is 58.8 Å². The predicted molar refractivity (Wildman–Crippen MR) is 63.3 cm³/mol. The minimum absolute atomic E-state index is 0. The number of hydrogen-bond donors (Lipinski definition) is 2. The van der Waals surface area contributed by atoms with Crippen LogP contribution in [0.1, 0.15) is 5.56 Å². The lowest BCUT2D eigenvalue weighted by molar-refractivity contribution is 0.469. The average molecular weight is 297 g/mol. The van der Waals surface area contributed by atoms with Gasteiger partial charge in [0, 0.05) is 12.1 Å². The van der Waals surface area contributed by atoms with Crippen molar-refractivity contribution in [2.24, 2.45) is 5.73 Å². The Labute approximate surface area is 107 Å². The highest BCUT2D eigenvalue weighted by Gasteiger charge is 2.18. The predicted octanol–water partition coefficient (Wildman–Crippen LogP) is 3.89. The average Bonchev–Trinajstić information content (AvgIpc) is 2.13. The first-order valence-corrected chi connectivity index (χ1v) is 4.75. The molecule has 0 heterocycles. The van der Waals surface area contributed by atoms with E-state index in [2.05, 4.69) is 0 Å². The summed E-state index contributed by atoms with van der Waals surface area (Å²) in [7, 11) is 0. The lowest BCUT2D eigenvalue weighted by Crippen LogP contribution is -1.99. The number of benzene rings is 1. The fourth-order valence-electron chi connectivity index (χ4n) is 0.852. The van der Waals surface area contributed by atoms with Crippen LogP contribution in [-0.4, -0.2) is 5.11 Å². The summed E-state index contributed by atoms with van der Waals surface area (Å²) in [5.74, 6) is -0.219. The van der Waals surface area contributed by atoms with E-state index in [4.69, 9.17) is 52.1 Å². The Bertz CT molecular complexity index is 325. The second kappa shape index (κ2) is 5.50. The van der Waals surface area contributed by atoms with Crippen molar-refractivity contribution in [3.05, 3.63) is 25.7 Å². The third kappa shape index (κ3) is 2.32. The highest BCUT2D eigenvalue weighted by atomic mass is 35.5. The van der Waals surface area contributed by atoms with Gasteiger partial charge in [0.1, 0.15) is 10.8 Å². The van der Waals surface area contributed by atoms with Crippen molar-refractivity contribution in [1.82, 2.24) is 0 Å². The molecule has 0 aliphatic heterocycles. The summed E-state index contributed by atoms with van der Waals surface area (Å²) in [4.78, 5) is 0. The minimum Gasteiger partial charge on any atom is -0.506 e. The van der Waals surface area contributed by atoms with E-state index >= 15 is 0 Å². The van der Waals surface area contributed by atoms with Crippen LogP contribution in [0, 0.1) is 0 Å². The Balaban J connectivity index is 0.00000169. The lowest BCUT2D eigenvalue weighted by atomic mass is 10.2. The summed E-state index contributed by atoms with van der Waals surface area (Å²) in [5.41, 5.74) is 5.63. The first-order chi connectivity index (χ1) is 6.00. The van der Waals surface area contributed by atoms with Gasteiger partial charge in [-0.15, -0.1) is 12.4 Å². The van der Waals surface area contributed by atoms with Gasteiger partial charge in [0.2, 0.25) is 0 Å². The molecule has 1 aromatic rings. The molecule has 3 N–H and O–H groups in total. The second-order valence-corrected chi connectivity index (χ2v) is 3.80. The van der Waals surface area contributed by atoms with Gasteiger partial charge in [0.05, 0.1) is 15.1 Å². The largest absolute Gasteiger partial charge is 0.506 e. The van der Waals surface area contributed by atoms with Crippen molar-refractivity contribution < 1.29 is 5.11 Å². The van der Waals surface area contributed by atoms with Gasteiger partial charge in [0.15, 0.2) is 0 Å². The molecule has 2 nitrogen and oxygen atoms in total. The quantitative estimate of drug-likeness (QED) is 0.610. The molecule has 0 fully saturated rings. The van der Waals surface area contributed by atoms with Crippen LogP contribution in [-0.2, 0) is 6.54 Å². The number of aromatic hydroxyl groups is 1. The molecule has 0 aromatic heterocycles. The summed E-state index contributed by atoms with van der Waals surface area (Å²) >= 11 is 22.8. The molecule has 0 saturated carbocycles. The van der Waals surface area contributed by atoms with Crippen LogP contribution in [0.3, 0.4) is 0 Å². The molecule has 0 spiro atoms. The molecular weight excluding hydrogens is 291 g/mol. The lowest BCUT2D eigenvalue weighted by Gasteiger charge is -2.10. The van der Waals surface area contributed by atoms with Crippen LogP contribution in [0.5, 0.6) is 5.75 Å². The fraction of sp³-hybridized carbons (Fsp3) is 0.143. The molecule has 14 heavy (non-hydrogen) atoms. The normalized spacial score (nSPS) is 9.79. The monoisotopic (exact) mass is 295 g/mol. The molecule has 0 aliphatic rings. The maximum Gasteiger partial charge on any atom is 0.141 e. The number of halogens is 5. The van der Waals surface area contributed by atoms with Crippen LogP contribution < -0.4 is 5.73 Å². The summed E-state index contributed by atoms with van der Waals surface area (Å²) in [6.45, 7) is 0.0429. The molecule has 1 rings (SSSR count). The molecule has 0 unspecified atom stereocenters. The van der Waals surface area contributed by atoms with Crippen LogP contribution in [0.2, 0.25) is 20.1 Å². The van der Waals surface area contributed by atoms with Gasteiger partial charge in [-0.2, -0.15) is 0 Å². The van der Waals surface area contributed by atoms with Gasteiger partial charge in [-0.25, -0.2) is 0 Å². The molecule has 0 atom stereocenters. The van der Waals surface area contributed by atoms with Crippen LogP contribution in [0.4, 0.5) is 0 Å². The van der Waals surface area contributed by atoms with Crippen LogP contribution in [0.15, 0.2) is 0 Å². The van der Waals surface area contributed by atoms with Gasteiger partial charge < -0.3 is 10.8 Å². The van der Waals surface area contributed by atoms with E-state index in [1.165, 1.54) is 0 Å². The molecule has 1 aromatic carbocycles. The van der Waals surface area contributed by atoms with E-state index in [1.54, 1.807) is 0 Å². The Hall–Kier alpha value is 0.430. The highest BCUT2D eigenvalue weighted by molar-refractivity contribution is 6.52. The molecule has 0 saturated heterocycles. The Morgan fingerprint density at radius 2 is 1.36 bits per heavy atom. The first-order valence-electron chi connectivity index (χ1n) is 3.24. The van der Waals surface area contributed by atoms with Crippen molar-refractivity contribution in [1.29, 1.82) is 0 Å². The molecule has 0 radical (unpaired) electrons. The van der Waals surface area contributed by atoms with Gasteiger partial charge >= 0.3 is 0 Å². The highest BCUT2D eigenvalue weighted by Crippen LogP contribution is 2.44. The number of nitrogens with two attached hydrogens (primary N) is 1. The number of phenolic OH excluding ortho intramolecular Hbond substituents is 1. The zero-order chi connectivity index (χ0) is 10.2.